The number of hydrogen-bond acceptors (Lipinski definition) is 5. The monoisotopic (exact) mass is 521 g/mol. The molecule has 2 fully saturated rings. The van der Waals surface area contributed by atoms with Crippen molar-refractivity contribution in [1.29, 1.82) is 0 Å². The van der Waals surface area contributed by atoms with Crippen molar-refractivity contribution in [2.75, 3.05) is 26.2 Å². The fourth-order valence-corrected chi connectivity index (χ4v) is 4.69. The summed E-state index contributed by atoms with van der Waals surface area (Å²) in [4.78, 5) is 39.5. The minimum Gasteiger partial charge on any atom is -0.461 e. The van der Waals surface area contributed by atoms with Crippen LogP contribution in [0.5, 0.6) is 0 Å². The number of esters is 1. The Labute approximate surface area is 215 Å². The minimum absolute atomic E-state index is 0.0661. The number of benzene rings is 1. The van der Waals surface area contributed by atoms with E-state index in [0.717, 1.165) is 44.5 Å². The molecule has 10 heteroatoms. The molecule has 3 rings (SSSR count). The van der Waals surface area contributed by atoms with Crippen LogP contribution in [-0.2, 0) is 31.9 Å². The van der Waals surface area contributed by atoms with Gasteiger partial charge in [-0.2, -0.15) is 13.2 Å². The van der Waals surface area contributed by atoms with Gasteiger partial charge in [-0.1, -0.05) is 18.1 Å². The van der Waals surface area contributed by atoms with Crippen molar-refractivity contribution in [2.45, 2.75) is 63.8 Å². The number of hydrogen-bond donors (Lipinski definition) is 2. The van der Waals surface area contributed by atoms with Gasteiger partial charge >= 0.3 is 12.1 Å². The second-order valence-corrected chi connectivity index (χ2v) is 9.70. The number of alkyl halides is 3. The van der Waals surface area contributed by atoms with Crippen molar-refractivity contribution in [1.82, 2.24) is 15.5 Å². The van der Waals surface area contributed by atoms with Gasteiger partial charge in [-0.3, -0.25) is 14.4 Å². The van der Waals surface area contributed by atoms with Crippen LogP contribution in [0, 0.1) is 24.2 Å². The second-order valence-electron chi connectivity index (χ2n) is 9.70. The van der Waals surface area contributed by atoms with Gasteiger partial charge in [-0.05, 0) is 68.8 Å². The average Bonchev–Trinajstić information content (AvgIpc) is 2.90. The van der Waals surface area contributed by atoms with E-state index < -0.39 is 29.7 Å². The molecule has 1 aromatic rings. The van der Waals surface area contributed by atoms with E-state index in [9.17, 15) is 27.6 Å². The lowest BCUT2D eigenvalue weighted by Gasteiger charge is -2.33. The number of likely N-dealkylation sites (tertiary alicyclic amines) is 1. The van der Waals surface area contributed by atoms with Gasteiger partial charge in [0, 0.05) is 19.5 Å². The molecule has 2 aliphatic rings. The van der Waals surface area contributed by atoms with Gasteiger partial charge in [0.1, 0.15) is 12.6 Å². The van der Waals surface area contributed by atoms with Crippen molar-refractivity contribution >= 4 is 17.8 Å². The quantitative estimate of drug-likeness (QED) is 0.385. The third-order valence-corrected chi connectivity index (χ3v) is 6.94. The lowest BCUT2D eigenvalue weighted by atomic mass is 9.92. The molecule has 2 atom stereocenters. The Bertz CT molecular complexity index is 969. The Morgan fingerprint density at radius 2 is 1.86 bits per heavy atom. The molecule has 0 saturated carbocycles. The first-order valence-electron chi connectivity index (χ1n) is 12.7. The zero-order chi connectivity index (χ0) is 26.8. The van der Waals surface area contributed by atoms with Gasteiger partial charge < -0.3 is 20.3 Å². The lowest BCUT2D eigenvalue weighted by molar-refractivity contribution is -0.145. The van der Waals surface area contributed by atoms with E-state index >= 15 is 0 Å². The first kappa shape index (κ1) is 28.5. The largest absolute Gasteiger partial charge is 0.461 e. The van der Waals surface area contributed by atoms with E-state index in [-0.39, 0.29) is 24.8 Å². The summed E-state index contributed by atoms with van der Waals surface area (Å²) in [5.74, 6) is 1.60. The van der Waals surface area contributed by atoms with Crippen LogP contribution in [0.25, 0.3) is 0 Å². The van der Waals surface area contributed by atoms with Crippen LogP contribution in [0.2, 0.25) is 0 Å². The minimum atomic E-state index is -4.44. The Kier molecular flexibility index (Phi) is 10.4. The molecule has 0 spiro atoms. The Morgan fingerprint density at radius 1 is 1.16 bits per heavy atom. The van der Waals surface area contributed by atoms with E-state index in [2.05, 4.69) is 16.6 Å². The van der Waals surface area contributed by atoms with E-state index in [1.165, 1.54) is 12.1 Å². The summed E-state index contributed by atoms with van der Waals surface area (Å²) in [7, 11) is 0. The van der Waals surface area contributed by atoms with E-state index in [1.807, 2.05) is 0 Å². The second kappa shape index (κ2) is 13.5. The van der Waals surface area contributed by atoms with E-state index in [1.54, 1.807) is 4.90 Å². The molecule has 0 bridgehead atoms. The number of piperidine rings is 2. The van der Waals surface area contributed by atoms with E-state index in [0.29, 0.717) is 43.8 Å². The summed E-state index contributed by atoms with van der Waals surface area (Å²) < 4.78 is 43.1. The van der Waals surface area contributed by atoms with Gasteiger partial charge in [0.15, 0.2) is 0 Å². The van der Waals surface area contributed by atoms with Crippen LogP contribution in [0.1, 0.15) is 56.1 Å². The highest BCUT2D eigenvalue weighted by atomic mass is 19.4. The predicted octanol–water partition coefficient (Wildman–Crippen LogP) is 3.28. The smallest absolute Gasteiger partial charge is 0.416 e. The van der Waals surface area contributed by atoms with Crippen LogP contribution in [0.4, 0.5) is 13.2 Å². The molecular weight excluding hydrogens is 487 g/mol. The SMILES string of the molecule is C#C[C@H](CC(=O)OCc1ccc(C(F)(F)F)cc1)NC(=O)[C@@H]1CCCN(C(=O)CCC2CCNCC2)C1. The van der Waals surface area contributed by atoms with Gasteiger partial charge in [0.25, 0.3) is 0 Å². The summed E-state index contributed by atoms with van der Waals surface area (Å²) in [5, 5.41) is 6.01. The number of ether oxygens (including phenoxy) is 1. The molecule has 0 aliphatic carbocycles. The molecule has 2 heterocycles. The van der Waals surface area contributed by atoms with Crippen molar-refractivity contribution in [3.8, 4) is 12.3 Å². The number of nitrogens with one attached hydrogen (secondary N) is 2. The normalized spacial score (nSPS) is 19.5. The molecule has 2 amide bonds. The zero-order valence-electron chi connectivity index (χ0n) is 20.8. The molecule has 202 valence electrons. The Morgan fingerprint density at radius 3 is 2.51 bits per heavy atom. The topological polar surface area (TPSA) is 87.7 Å². The highest BCUT2D eigenvalue weighted by molar-refractivity contribution is 5.82. The number of halogens is 3. The zero-order valence-corrected chi connectivity index (χ0v) is 20.8. The van der Waals surface area contributed by atoms with Crippen molar-refractivity contribution in [3.63, 3.8) is 0 Å². The van der Waals surface area contributed by atoms with Gasteiger partial charge in [-0.25, -0.2) is 0 Å². The number of carbonyl (C=O) groups excluding carboxylic acids is 3. The van der Waals surface area contributed by atoms with Gasteiger partial charge in [0.05, 0.1) is 17.9 Å². The molecule has 37 heavy (non-hydrogen) atoms. The van der Waals surface area contributed by atoms with Crippen molar-refractivity contribution < 1.29 is 32.3 Å². The van der Waals surface area contributed by atoms with Crippen LogP contribution in [0.15, 0.2) is 24.3 Å². The molecule has 0 radical (unpaired) electrons. The fourth-order valence-electron chi connectivity index (χ4n) is 4.69. The third kappa shape index (κ3) is 9.08. The number of nitrogens with zero attached hydrogens (tertiary/aromatic N) is 1. The number of carbonyl (C=O) groups is 3. The summed E-state index contributed by atoms with van der Waals surface area (Å²) in [6.07, 6.45) is 5.64. The number of rotatable bonds is 9. The highest BCUT2D eigenvalue weighted by Gasteiger charge is 2.31. The average molecular weight is 522 g/mol. The molecule has 0 unspecified atom stereocenters. The Hall–Kier alpha value is -3.06. The molecular formula is C27H34F3N3O4. The van der Waals surface area contributed by atoms with Crippen LogP contribution in [-0.4, -0.2) is 54.9 Å². The van der Waals surface area contributed by atoms with Crippen LogP contribution >= 0.6 is 0 Å². The van der Waals surface area contributed by atoms with E-state index in [4.69, 9.17) is 11.2 Å². The maximum atomic E-state index is 12.8. The fraction of sp³-hybridized carbons (Fsp3) is 0.593. The molecule has 2 N–H and O–H groups in total. The van der Waals surface area contributed by atoms with Crippen LogP contribution < -0.4 is 10.6 Å². The molecule has 7 nitrogen and oxygen atoms in total. The molecule has 0 aromatic heterocycles. The van der Waals surface area contributed by atoms with Gasteiger partial charge in [0.2, 0.25) is 11.8 Å². The summed E-state index contributed by atoms with van der Waals surface area (Å²) in [5.41, 5.74) is -0.391. The van der Waals surface area contributed by atoms with Crippen molar-refractivity contribution in [3.05, 3.63) is 35.4 Å². The first-order chi connectivity index (χ1) is 17.7. The summed E-state index contributed by atoms with van der Waals surface area (Å²) >= 11 is 0. The maximum Gasteiger partial charge on any atom is 0.416 e. The predicted molar refractivity (Wildman–Crippen MR) is 131 cm³/mol. The molecule has 2 saturated heterocycles. The third-order valence-electron chi connectivity index (χ3n) is 6.94. The van der Waals surface area contributed by atoms with Gasteiger partial charge in [-0.15, -0.1) is 6.42 Å². The number of amides is 2. The number of terminal acetylenes is 1. The lowest BCUT2D eigenvalue weighted by Crippen LogP contribution is -2.47. The Balaban J connectivity index is 1.41. The molecule has 1 aromatic carbocycles. The first-order valence-corrected chi connectivity index (χ1v) is 12.7. The van der Waals surface area contributed by atoms with Crippen molar-refractivity contribution in [2.24, 2.45) is 11.8 Å². The highest BCUT2D eigenvalue weighted by Crippen LogP contribution is 2.29. The summed E-state index contributed by atoms with van der Waals surface area (Å²) in [6, 6.07) is 3.41. The molecule has 2 aliphatic heterocycles. The standard InChI is InChI=1S/C27H34F3N3O4/c1-2-23(16-25(35)37-18-20-5-8-22(9-6-20)27(28,29)30)32-26(36)21-4-3-15-33(17-21)24(34)10-7-19-11-13-31-14-12-19/h1,5-6,8-9,19,21,23,31H,3-4,7,10-18H2,(H,32,36)/t21-,23-/m1/s1. The summed E-state index contributed by atoms with van der Waals surface area (Å²) in [6.45, 7) is 2.73. The maximum absolute atomic E-state index is 12.8. The van der Waals surface area contributed by atoms with Crippen LogP contribution in [0.3, 0.4) is 0 Å².